The molecule has 0 spiro atoms. The van der Waals surface area contributed by atoms with Crippen LogP contribution < -0.4 is 16.4 Å². The molecule has 0 saturated carbocycles. The van der Waals surface area contributed by atoms with Crippen molar-refractivity contribution in [3.05, 3.63) is 23.8 Å². The Labute approximate surface area is 106 Å². The predicted molar refractivity (Wildman–Crippen MR) is 70.2 cm³/mol. The van der Waals surface area contributed by atoms with E-state index in [2.05, 4.69) is 10.6 Å². The molecule has 0 radical (unpaired) electrons. The van der Waals surface area contributed by atoms with Crippen molar-refractivity contribution in [1.29, 1.82) is 0 Å². The van der Waals surface area contributed by atoms with Crippen molar-refractivity contribution in [2.45, 2.75) is 26.3 Å². The monoisotopic (exact) mass is 247 g/mol. The maximum Gasteiger partial charge on any atom is 0.256 e. The SMILES string of the molecule is CC(C)CC1NC(=O)c2c(N)cccc2NC1=O. The van der Waals surface area contributed by atoms with Gasteiger partial charge in [0.2, 0.25) is 5.91 Å². The van der Waals surface area contributed by atoms with E-state index in [9.17, 15) is 9.59 Å². The van der Waals surface area contributed by atoms with Gasteiger partial charge in [-0.1, -0.05) is 19.9 Å². The van der Waals surface area contributed by atoms with Crippen LogP contribution in [-0.4, -0.2) is 17.9 Å². The molecule has 2 rings (SSSR count). The molecule has 2 amide bonds. The highest BCUT2D eigenvalue weighted by molar-refractivity contribution is 6.12. The predicted octanol–water partition coefficient (Wildman–Crippen LogP) is 1.37. The highest BCUT2D eigenvalue weighted by atomic mass is 16.2. The topological polar surface area (TPSA) is 84.2 Å². The van der Waals surface area contributed by atoms with Gasteiger partial charge in [0.1, 0.15) is 6.04 Å². The van der Waals surface area contributed by atoms with Crippen molar-refractivity contribution < 1.29 is 9.59 Å². The van der Waals surface area contributed by atoms with E-state index >= 15 is 0 Å². The summed E-state index contributed by atoms with van der Waals surface area (Å²) in [4.78, 5) is 24.1. The first-order valence-corrected chi connectivity index (χ1v) is 5.99. The first-order valence-electron chi connectivity index (χ1n) is 5.99. The van der Waals surface area contributed by atoms with E-state index in [1.165, 1.54) is 0 Å². The van der Waals surface area contributed by atoms with Crippen LogP contribution in [0.2, 0.25) is 0 Å². The third-order valence-corrected chi connectivity index (χ3v) is 2.91. The zero-order valence-electron chi connectivity index (χ0n) is 10.5. The zero-order valence-corrected chi connectivity index (χ0v) is 10.5. The third-order valence-electron chi connectivity index (χ3n) is 2.91. The van der Waals surface area contributed by atoms with Gasteiger partial charge in [-0.3, -0.25) is 9.59 Å². The lowest BCUT2D eigenvalue weighted by Crippen LogP contribution is -2.42. The van der Waals surface area contributed by atoms with Crippen molar-refractivity contribution in [1.82, 2.24) is 5.32 Å². The molecule has 0 aliphatic carbocycles. The van der Waals surface area contributed by atoms with Crippen LogP contribution in [0.4, 0.5) is 11.4 Å². The van der Waals surface area contributed by atoms with Crippen molar-refractivity contribution >= 4 is 23.2 Å². The van der Waals surface area contributed by atoms with Crippen molar-refractivity contribution in [3.8, 4) is 0 Å². The molecule has 0 fully saturated rings. The standard InChI is InChI=1S/C13H17N3O2/c1-7(2)6-10-12(17)15-9-5-3-4-8(14)11(9)13(18)16-10/h3-5,7,10H,6,14H2,1-2H3,(H,15,17)(H,16,18). The van der Waals surface area contributed by atoms with E-state index < -0.39 is 6.04 Å². The van der Waals surface area contributed by atoms with Gasteiger partial charge < -0.3 is 16.4 Å². The first kappa shape index (κ1) is 12.4. The van der Waals surface area contributed by atoms with Crippen LogP contribution >= 0.6 is 0 Å². The Kier molecular flexibility index (Phi) is 3.23. The van der Waals surface area contributed by atoms with Crippen molar-refractivity contribution in [2.24, 2.45) is 5.92 Å². The minimum atomic E-state index is -0.510. The van der Waals surface area contributed by atoms with Crippen LogP contribution in [0.15, 0.2) is 18.2 Å². The number of rotatable bonds is 2. The van der Waals surface area contributed by atoms with Crippen LogP contribution in [0.3, 0.4) is 0 Å². The Balaban J connectivity index is 2.35. The van der Waals surface area contributed by atoms with Crippen LogP contribution in [-0.2, 0) is 4.79 Å². The lowest BCUT2D eigenvalue weighted by molar-refractivity contribution is -0.118. The van der Waals surface area contributed by atoms with Crippen LogP contribution in [0.5, 0.6) is 0 Å². The van der Waals surface area contributed by atoms with Gasteiger partial charge in [-0.2, -0.15) is 0 Å². The summed E-state index contributed by atoms with van der Waals surface area (Å²) < 4.78 is 0. The molecule has 1 atom stereocenters. The number of amides is 2. The summed E-state index contributed by atoms with van der Waals surface area (Å²) in [5.74, 6) is -0.173. The summed E-state index contributed by atoms with van der Waals surface area (Å²) >= 11 is 0. The maximum absolute atomic E-state index is 12.1. The molecule has 1 aromatic rings. The molecule has 0 saturated heterocycles. The van der Waals surface area contributed by atoms with Crippen molar-refractivity contribution in [3.63, 3.8) is 0 Å². The molecule has 5 nitrogen and oxygen atoms in total. The number of carbonyl (C=O) groups excluding carboxylic acids is 2. The number of nitrogen functional groups attached to an aromatic ring is 1. The van der Waals surface area contributed by atoms with Gasteiger partial charge >= 0.3 is 0 Å². The van der Waals surface area contributed by atoms with E-state index in [1.807, 2.05) is 13.8 Å². The smallest absolute Gasteiger partial charge is 0.256 e. The van der Waals surface area contributed by atoms with E-state index in [0.717, 1.165) is 0 Å². The lowest BCUT2D eigenvalue weighted by Gasteiger charge is -2.16. The number of fused-ring (bicyclic) bond motifs is 1. The molecule has 1 aliphatic heterocycles. The lowest BCUT2D eigenvalue weighted by atomic mass is 10.0. The van der Waals surface area contributed by atoms with Gasteiger partial charge in [0, 0.05) is 5.69 Å². The van der Waals surface area contributed by atoms with Gasteiger partial charge in [-0.05, 0) is 24.5 Å². The molecular weight excluding hydrogens is 230 g/mol. The molecule has 96 valence electrons. The maximum atomic E-state index is 12.1. The molecule has 1 unspecified atom stereocenters. The Morgan fingerprint density at radius 3 is 2.72 bits per heavy atom. The molecule has 5 heteroatoms. The number of anilines is 2. The Hall–Kier alpha value is -2.04. The van der Waals surface area contributed by atoms with Crippen molar-refractivity contribution in [2.75, 3.05) is 11.1 Å². The minimum absolute atomic E-state index is 0.193. The molecule has 1 heterocycles. The summed E-state index contributed by atoms with van der Waals surface area (Å²) in [5.41, 5.74) is 6.97. The molecule has 0 bridgehead atoms. The summed E-state index contributed by atoms with van der Waals surface area (Å²) in [7, 11) is 0. The summed E-state index contributed by atoms with van der Waals surface area (Å²) in [6, 6.07) is 4.53. The van der Waals surface area contributed by atoms with E-state index in [1.54, 1.807) is 18.2 Å². The Bertz CT molecular complexity index is 497. The fourth-order valence-electron chi connectivity index (χ4n) is 2.08. The number of nitrogens with one attached hydrogen (secondary N) is 2. The van der Waals surface area contributed by atoms with Gasteiger partial charge in [-0.15, -0.1) is 0 Å². The summed E-state index contributed by atoms with van der Waals surface area (Å²) in [6.07, 6.45) is 0.603. The van der Waals surface area contributed by atoms with Crippen LogP contribution in [0, 0.1) is 5.92 Å². The second-order valence-corrected chi connectivity index (χ2v) is 4.91. The average Bonchev–Trinajstić information content (AvgIpc) is 2.37. The summed E-state index contributed by atoms with van der Waals surface area (Å²) in [6.45, 7) is 4.01. The van der Waals surface area contributed by atoms with Gasteiger partial charge in [0.15, 0.2) is 0 Å². The number of hydrogen-bond donors (Lipinski definition) is 3. The number of carbonyl (C=O) groups is 2. The first-order chi connectivity index (χ1) is 8.49. The quantitative estimate of drug-likeness (QED) is 0.690. The number of hydrogen-bond acceptors (Lipinski definition) is 3. The second kappa shape index (κ2) is 4.68. The Morgan fingerprint density at radius 2 is 2.06 bits per heavy atom. The fourth-order valence-corrected chi connectivity index (χ4v) is 2.08. The fraction of sp³-hybridized carbons (Fsp3) is 0.385. The molecule has 1 aromatic carbocycles. The van der Waals surface area contributed by atoms with Crippen LogP contribution in [0.25, 0.3) is 0 Å². The molecule has 1 aliphatic rings. The van der Waals surface area contributed by atoms with Gasteiger partial charge in [-0.25, -0.2) is 0 Å². The Morgan fingerprint density at radius 1 is 1.33 bits per heavy atom. The minimum Gasteiger partial charge on any atom is -0.398 e. The number of nitrogens with two attached hydrogens (primary N) is 1. The normalized spacial score (nSPS) is 18.9. The molecule has 18 heavy (non-hydrogen) atoms. The number of benzene rings is 1. The van der Waals surface area contributed by atoms with E-state index in [0.29, 0.717) is 29.3 Å². The van der Waals surface area contributed by atoms with Gasteiger partial charge in [0.25, 0.3) is 5.91 Å². The average molecular weight is 247 g/mol. The molecular formula is C13H17N3O2. The third kappa shape index (κ3) is 2.30. The molecule has 0 aromatic heterocycles. The zero-order chi connectivity index (χ0) is 13.3. The van der Waals surface area contributed by atoms with E-state index in [4.69, 9.17) is 5.73 Å². The molecule has 4 N–H and O–H groups in total. The summed E-state index contributed by atoms with van der Waals surface area (Å²) in [5, 5.41) is 5.47. The largest absolute Gasteiger partial charge is 0.398 e. The van der Waals surface area contributed by atoms with E-state index in [-0.39, 0.29) is 11.8 Å². The second-order valence-electron chi connectivity index (χ2n) is 4.91. The van der Waals surface area contributed by atoms with Crippen LogP contribution in [0.1, 0.15) is 30.6 Å². The van der Waals surface area contributed by atoms with Gasteiger partial charge in [0.05, 0.1) is 11.3 Å². The highest BCUT2D eigenvalue weighted by Crippen LogP contribution is 2.25. The highest BCUT2D eigenvalue weighted by Gasteiger charge is 2.29.